The summed E-state index contributed by atoms with van der Waals surface area (Å²) in [4.78, 5) is 41.9. The minimum atomic E-state index is -4.47. The van der Waals surface area contributed by atoms with Crippen LogP contribution in [0.1, 0.15) is 198 Å². The van der Waals surface area contributed by atoms with Gasteiger partial charge in [-0.15, -0.1) is 22.1 Å². The maximum Gasteiger partial charge on any atom is 2.00 e. The third-order valence-electron chi connectivity index (χ3n) is 26.7. The summed E-state index contributed by atoms with van der Waals surface area (Å²) in [5.41, 5.74) is 50.5. The van der Waals surface area contributed by atoms with Gasteiger partial charge < -0.3 is 19.8 Å². The standard InChI is InChI=1S/C62H63N4O3P.C53H47N4O3P.3Zn/c1-34-28-37(4)53(38(5)29-34)57-47-22-20-45-56(43-16-18-44(19-17-43)70(67,68-60(10,11)12)69-61(13,14)15)46-21-23-48-58(54-39(6)30-35(2)31-40(54)7)50-25-27-52-59(55-41(8)32-36(3)33-42(55)9)51-26-24-49(57)65(51)62(63(45)47,64(46)48)66(50)52;1-28-22-31(4)47(32(5)23-28)51-41-16-14-39(54-41)50(37-10-12-38(13-11-37)61(58,59)60)40-15-17-42(55-40)52(48-33(6)24-29(2)25-34(48)7)44-19-21-46(57-44)53(45-20-18-43(51)56-45)49-35(8)26-30(3)27-36(49)9;;;/h16-33H,1-15H3;10-27H,1-9H3,(H2,58,59,60);;;/q+2;-2;;;+2. The summed E-state index contributed by atoms with van der Waals surface area (Å²) in [6.45, 7) is 51.0. The van der Waals surface area contributed by atoms with E-state index < -0.39 is 32.3 Å². The topological polar surface area (TPSA) is 163 Å². The first-order valence-corrected chi connectivity index (χ1v) is 48.5. The zero-order valence-corrected chi connectivity index (χ0v) is 92.1. The van der Waals surface area contributed by atoms with E-state index in [1.54, 1.807) is 12.1 Å². The van der Waals surface area contributed by atoms with Crippen molar-refractivity contribution in [3.05, 3.63) is 373 Å². The first-order valence-electron chi connectivity index (χ1n) is 45.3. The molecule has 2 N–H and O–H groups in total. The average Bonchev–Trinajstić information content (AvgIpc) is 1.44. The van der Waals surface area contributed by atoms with Crippen LogP contribution in [0.25, 0.3) is 113 Å². The van der Waals surface area contributed by atoms with Crippen LogP contribution in [0.15, 0.2) is 206 Å². The normalized spacial score (nSPS) is 15.4. The molecule has 21 rings (SSSR count). The van der Waals surface area contributed by atoms with Gasteiger partial charge in [0.25, 0.3) is 0 Å². The molecule has 660 valence electrons. The van der Waals surface area contributed by atoms with Gasteiger partial charge in [-0.05, 0) is 373 Å². The molecule has 1 atom stereocenters. The minimum Gasteiger partial charge on any atom is -0.657 e. The van der Waals surface area contributed by atoms with E-state index in [2.05, 4.69) is 301 Å². The fourth-order valence-electron chi connectivity index (χ4n) is 22.9. The summed E-state index contributed by atoms with van der Waals surface area (Å²) >= 11 is 0. The van der Waals surface area contributed by atoms with Crippen LogP contribution in [-0.4, -0.2) is 60.7 Å². The van der Waals surface area contributed by atoms with Crippen molar-refractivity contribution in [1.29, 1.82) is 0 Å². The molecular weight excluding hydrogens is 1850 g/mol. The third-order valence-corrected chi connectivity index (χ3v) is 30.2. The number of hydrogen-bond acceptors (Lipinski definition) is 6. The van der Waals surface area contributed by atoms with Crippen LogP contribution in [-0.2, 0) is 82.5 Å². The number of aromatic nitrogens is 6. The van der Waals surface area contributed by atoms with E-state index in [1.165, 1.54) is 135 Å². The molecule has 0 radical (unpaired) electrons. The summed E-state index contributed by atoms with van der Waals surface area (Å²) in [6, 6.07) is 59.6. The molecule has 8 bridgehead atoms. The Labute approximate surface area is 824 Å². The molecule has 19 heteroatoms. The molecule has 0 amide bonds. The number of hydrogen-bond donors (Lipinski definition) is 2. The number of aryl methyl sites for hydroxylation is 18. The van der Waals surface area contributed by atoms with E-state index in [-0.39, 0.29) is 63.7 Å². The molecule has 8 aromatic carbocycles. The first kappa shape index (κ1) is 94.9. The van der Waals surface area contributed by atoms with Crippen LogP contribution in [0.4, 0.5) is 0 Å². The molecule has 134 heavy (non-hydrogen) atoms. The van der Waals surface area contributed by atoms with Crippen LogP contribution in [0.5, 0.6) is 0 Å². The fraction of sp³-hybridized carbons (Fsp3) is 0.235. The van der Waals surface area contributed by atoms with E-state index in [1.807, 2.05) is 78.0 Å². The number of fused-ring (bicyclic) bond motifs is 8. The predicted molar refractivity (Wildman–Crippen MR) is 538 cm³/mol. The van der Waals surface area contributed by atoms with Crippen molar-refractivity contribution >= 4 is 106 Å². The number of benzene rings is 8. The molecule has 0 fully saturated rings. The molecule has 0 saturated carbocycles. The molecule has 1 unspecified atom stereocenters. The van der Waals surface area contributed by atoms with Gasteiger partial charge in [0, 0.05) is 63.3 Å². The summed E-state index contributed by atoms with van der Waals surface area (Å²) in [7, 11) is -8.23. The smallest absolute Gasteiger partial charge is 0.657 e. The Bertz CT molecular complexity index is 7860. The van der Waals surface area contributed by atoms with Gasteiger partial charge in [-0.25, -0.2) is 9.97 Å². The van der Waals surface area contributed by atoms with Crippen molar-refractivity contribution in [3.63, 3.8) is 0 Å². The van der Waals surface area contributed by atoms with Gasteiger partial charge in [0.1, 0.15) is 0 Å². The van der Waals surface area contributed by atoms with Gasteiger partial charge in [0.15, 0.2) is 0 Å². The van der Waals surface area contributed by atoms with Crippen LogP contribution >= 0.6 is 15.2 Å². The van der Waals surface area contributed by atoms with Crippen molar-refractivity contribution < 1.29 is 95.5 Å². The Morgan fingerprint density at radius 1 is 0.321 bits per heavy atom. The van der Waals surface area contributed by atoms with Gasteiger partial charge in [-0.2, -0.15) is 9.13 Å². The zero-order valence-electron chi connectivity index (χ0n) is 81.4. The van der Waals surface area contributed by atoms with E-state index in [0.29, 0.717) is 16.5 Å². The third kappa shape index (κ3) is 15.4. The summed E-state index contributed by atoms with van der Waals surface area (Å²) in [5.74, 6) is -0.924. The molecule has 14 nitrogen and oxygen atoms in total. The number of allylic oxidation sites excluding steroid dienone is 4. The van der Waals surface area contributed by atoms with Crippen LogP contribution in [0, 0.1) is 125 Å². The molecule has 0 saturated heterocycles. The Balaban J connectivity index is 0.000000184. The van der Waals surface area contributed by atoms with Crippen molar-refractivity contribution in [2.24, 2.45) is 0 Å². The second kappa shape index (κ2) is 34.1. The molecule has 13 heterocycles. The molecular formula is C115H110N8O6P2Zn3+2. The molecule has 8 aliphatic heterocycles. The van der Waals surface area contributed by atoms with E-state index in [4.69, 9.17) is 29.0 Å². The summed E-state index contributed by atoms with van der Waals surface area (Å²) < 4.78 is 50.6. The van der Waals surface area contributed by atoms with E-state index in [0.717, 1.165) is 145 Å². The molecule has 5 aromatic heterocycles. The summed E-state index contributed by atoms with van der Waals surface area (Å²) in [5, 5.41) is 2.74. The average molecular weight is 1960 g/mol. The van der Waals surface area contributed by atoms with Gasteiger partial charge >= 0.3 is 40.6 Å². The second-order valence-electron chi connectivity index (χ2n) is 39.4. The first-order chi connectivity index (χ1) is 62.1. The minimum absolute atomic E-state index is 0. The van der Waals surface area contributed by atoms with E-state index >= 15 is 0 Å². The van der Waals surface area contributed by atoms with Gasteiger partial charge in [0.2, 0.25) is 22.8 Å². The molecule has 13 aromatic rings. The quantitative estimate of drug-likeness (QED) is 0.0684. The molecule has 1 spiro atoms. The fourth-order valence-corrected chi connectivity index (χ4v) is 25.6. The Hall–Kier alpha value is -10.9. The van der Waals surface area contributed by atoms with Crippen molar-refractivity contribution in [1.82, 2.24) is 29.1 Å². The largest absolute Gasteiger partial charge is 2.00 e. The van der Waals surface area contributed by atoms with Crippen molar-refractivity contribution in [2.45, 2.75) is 183 Å². The molecule has 0 aliphatic carbocycles. The Kier molecular flexibility index (Phi) is 24.2. The Morgan fingerprint density at radius 3 is 0.933 bits per heavy atom. The van der Waals surface area contributed by atoms with Crippen molar-refractivity contribution in [3.8, 4) is 44.5 Å². The number of rotatable bonds is 12. The maximum atomic E-state index is 14.9. The van der Waals surface area contributed by atoms with Gasteiger partial charge in [0.05, 0.1) is 89.0 Å². The van der Waals surface area contributed by atoms with Crippen LogP contribution < -0.4 is 31.3 Å². The van der Waals surface area contributed by atoms with Crippen LogP contribution in [0.2, 0.25) is 0 Å². The summed E-state index contributed by atoms with van der Waals surface area (Å²) in [6.07, 6.45) is 17.8. The van der Waals surface area contributed by atoms with Gasteiger partial charge in [-0.3, -0.25) is 18.2 Å². The second-order valence-corrected chi connectivity index (χ2v) is 42.9. The Morgan fingerprint density at radius 2 is 0.604 bits per heavy atom. The number of nitrogens with zero attached hydrogens (tertiary/aromatic N) is 8. The molecule has 8 aliphatic rings. The van der Waals surface area contributed by atoms with Gasteiger partial charge in [-0.1, -0.05) is 164 Å². The van der Waals surface area contributed by atoms with E-state index in [9.17, 15) is 18.9 Å². The van der Waals surface area contributed by atoms with Crippen LogP contribution in [0.3, 0.4) is 0 Å². The van der Waals surface area contributed by atoms with Crippen molar-refractivity contribution in [2.75, 3.05) is 0 Å². The zero-order chi connectivity index (χ0) is 92.5. The SMILES string of the molecule is Cc1cc(C)c(-c2c3nc(c(-c4c(C)cc(C)cc4C)c4ccc([n-]4)c(-c4c(C)cc(C)cc4C)c4nc(c(-c5ccc(P(=O)(O)O)cc5)c5ccc2[n-]5)C=C4)C=C3)c(C)c1.Cc1cc(C)c(C2=C3C=CC4=[N+]3C35n6c2ccc6C(c2c(C)cc(C)cc2C)=C2C=CC(=[N+]23)C(c2c(C)cc(C)cc2C)=c2ccc(n25)=C4c2ccc(P(=O)(OC(C)(C)C)OC(C)(C)C)cc2)c(C)c1.[Zn+2].[Zn].[Zn]. The monoisotopic (exact) mass is 1950 g/mol. The predicted octanol–water partition coefficient (Wildman–Crippen LogP) is 23.8. The maximum absolute atomic E-state index is 14.9.